The van der Waals surface area contributed by atoms with E-state index in [1.807, 2.05) is 0 Å². The van der Waals surface area contributed by atoms with Crippen molar-refractivity contribution in [2.24, 2.45) is 0 Å². The first kappa shape index (κ1) is 22.6. The highest BCUT2D eigenvalue weighted by Crippen LogP contribution is 2.38. The maximum atomic E-state index is 13.2. The lowest BCUT2D eigenvalue weighted by atomic mass is 10.1. The number of carboxylic acid groups (broad SMARTS) is 1. The van der Waals surface area contributed by atoms with Crippen LogP contribution in [0.25, 0.3) is 11.0 Å². The van der Waals surface area contributed by atoms with Crippen molar-refractivity contribution < 1.29 is 45.4 Å². The number of halogens is 7. The molecule has 1 aromatic heterocycles. The van der Waals surface area contributed by atoms with Gasteiger partial charge in [-0.1, -0.05) is 11.6 Å². The smallest absolute Gasteiger partial charge is 0.422 e. The highest BCUT2D eigenvalue weighted by atomic mass is 35.5. The maximum absolute atomic E-state index is 13.2. The molecule has 0 aliphatic carbocycles. The van der Waals surface area contributed by atoms with Crippen LogP contribution in [0.4, 0.5) is 32.0 Å². The highest BCUT2D eigenvalue weighted by Gasteiger charge is 2.36. The summed E-state index contributed by atoms with van der Waals surface area (Å²) in [6.45, 7) is -1.93. The summed E-state index contributed by atoms with van der Waals surface area (Å²) < 4.78 is 86.0. The Kier molecular flexibility index (Phi) is 5.99. The zero-order valence-corrected chi connectivity index (χ0v) is 16.0. The Balaban J connectivity index is 1.82. The number of ether oxygens (including phenoxy) is 1. The summed E-state index contributed by atoms with van der Waals surface area (Å²) in [6.07, 6.45) is -9.74. The fraction of sp³-hybridized carbons (Fsp3) is 0.211. The molecule has 5 nitrogen and oxygen atoms in total. The minimum absolute atomic E-state index is 0.0477. The monoisotopic (exact) mass is 467 g/mol. The Labute approximate surface area is 175 Å². The number of carbonyl (C=O) groups is 1. The first-order valence-electron chi connectivity index (χ1n) is 8.43. The molecule has 0 saturated heterocycles. The molecule has 3 aromatic rings. The lowest BCUT2D eigenvalue weighted by Gasteiger charge is -2.17. The van der Waals surface area contributed by atoms with E-state index in [-0.39, 0.29) is 28.6 Å². The van der Waals surface area contributed by atoms with E-state index < -0.39 is 36.2 Å². The summed E-state index contributed by atoms with van der Waals surface area (Å²) in [4.78, 5) is 11.0. The Bertz CT molecular complexity index is 1120. The minimum Gasteiger partial charge on any atom is -0.483 e. The SMILES string of the molecule is O=C(O)c1cc2cc(Cl)c(CNc3ccc(OCC(F)(F)F)c(C(F)(F)F)c3)cc2o1. The van der Waals surface area contributed by atoms with E-state index in [1.165, 1.54) is 18.2 Å². The summed E-state index contributed by atoms with van der Waals surface area (Å²) in [7, 11) is 0. The van der Waals surface area contributed by atoms with Crippen molar-refractivity contribution in [3.05, 3.63) is 58.3 Å². The molecule has 0 unspecified atom stereocenters. The summed E-state index contributed by atoms with van der Waals surface area (Å²) >= 11 is 6.14. The predicted octanol–water partition coefficient (Wildman–Crippen LogP) is 6.36. The molecule has 2 N–H and O–H groups in total. The number of hydrogen-bond donors (Lipinski definition) is 2. The first-order chi connectivity index (χ1) is 14.3. The van der Waals surface area contributed by atoms with E-state index >= 15 is 0 Å². The molecule has 0 saturated carbocycles. The molecule has 0 fully saturated rings. The number of aromatic carboxylic acids is 1. The molecule has 0 bridgehead atoms. The Morgan fingerprint density at radius 2 is 1.81 bits per heavy atom. The van der Waals surface area contributed by atoms with E-state index in [0.29, 0.717) is 17.0 Å². The van der Waals surface area contributed by atoms with Crippen LogP contribution < -0.4 is 10.1 Å². The number of benzene rings is 2. The molecule has 31 heavy (non-hydrogen) atoms. The van der Waals surface area contributed by atoms with Gasteiger partial charge in [-0.2, -0.15) is 26.3 Å². The van der Waals surface area contributed by atoms with Crippen molar-refractivity contribution in [3.63, 3.8) is 0 Å². The molecule has 0 atom stereocenters. The van der Waals surface area contributed by atoms with Gasteiger partial charge < -0.3 is 19.6 Å². The Morgan fingerprint density at radius 1 is 1.10 bits per heavy atom. The van der Waals surface area contributed by atoms with E-state index in [0.717, 1.165) is 12.1 Å². The number of anilines is 1. The second-order valence-electron chi connectivity index (χ2n) is 6.36. The van der Waals surface area contributed by atoms with Crippen molar-refractivity contribution in [3.8, 4) is 5.75 Å². The van der Waals surface area contributed by atoms with Crippen LogP contribution in [0, 0.1) is 0 Å². The largest absolute Gasteiger partial charge is 0.483 e. The Hall–Kier alpha value is -3.08. The normalized spacial score (nSPS) is 12.2. The quantitative estimate of drug-likeness (QED) is 0.413. The van der Waals surface area contributed by atoms with Crippen LogP contribution in [0.3, 0.4) is 0 Å². The molecular formula is C19H12ClF6NO4. The van der Waals surface area contributed by atoms with E-state index in [4.69, 9.17) is 21.1 Å². The van der Waals surface area contributed by atoms with Crippen LogP contribution in [0.1, 0.15) is 21.7 Å². The van der Waals surface area contributed by atoms with Crippen LogP contribution >= 0.6 is 11.6 Å². The molecule has 0 spiro atoms. The molecule has 0 aliphatic rings. The van der Waals surface area contributed by atoms with E-state index in [9.17, 15) is 31.1 Å². The van der Waals surface area contributed by atoms with Gasteiger partial charge in [0.2, 0.25) is 5.76 Å². The summed E-state index contributed by atoms with van der Waals surface area (Å²) in [5, 5.41) is 12.3. The Morgan fingerprint density at radius 3 is 2.42 bits per heavy atom. The molecule has 3 rings (SSSR count). The zero-order valence-electron chi connectivity index (χ0n) is 15.2. The third-order valence-electron chi connectivity index (χ3n) is 4.06. The first-order valence-corrected chi connectivity index (χ1v) is 8.81. The maximum Gasteiger partial charge on any atom is 0.422 e. The van der Waals surface area contributed by atoms with Crippen LogP contribution in [0.2, 0.25) is 5.02 Å². The van der Waals surface area contributed by atoms with Crippen molar-refractivity contribution in [2.45, 2.75) is 18.9 Å². The van der Waals surface area contributed by atoms with E-state index in [2.05, 4.69) is 10.1 Å². The average molecular weight is 468 g/mol. The average Bonchev–Trinajstić information content (AvgIpc) is 3.06. The van der Waals surface area contributed by atoms with Gasteiger partial charge in [-0.15, -0.1) is 0 Å². The zero-order chi connectivity index (χ0) is 23.0. The third-order valence-corrected chi connectivity index (χ3v) is 4.41. The van der Waals surface area contributed by atoms with Gasteiger partial charge in [-0.3, -0.25) is 0 Å². The molecule has 1 heterocycles. The van der Waals surface area contributed by atoms with Crippen LogP contribution in [-0.4, -0.2) is 23.9 Å². The van der Waals surface area contributed by atoms with Gasteiger partial charge in [0.25, 0.3) is 0 Å². The van der Waals surface area contributed by atoms with Crippen molar-refractivity contribution in [1.29, 1.82) is 0 Å². The van der Waals surface area contributed by atoms with Gasteiger partial charge in [-0.25, -0.2) is 4.79 Å². The summed E-state index contributed by atoms with van der Waals surface area (Å²) in [5.41, 5.74) is -0.814. The van der Waals surface area contributed by atoms with Gasteiger partial charge in [-0.05, 0) is 42.0 Å². The lowest BCUT2D eigenvalue weighted by Crippen LogP contribution is -2.21. The van der Waals surface area contributed by atoms with Crippen molar-refractivity contribution in [2.75, 3.05) is 11.9 Å². The fourth-order valence-electron chi connectivity index (χ4n) is 2.69. The topological polar surface area (TPSA) is 71.7 Å². The number of furan rings is 1. The molecule has 0 amide bonds. The van der Waals surface area contributed by atoms with Gasteiger partial charge in [0.05, 0.1) is 5.56 Å². The van der Waals surface area contributed by atoms with Gasteiger partial charge in [0.1, 0.15) is 11.3 Å². The molecular weight excluding hydrogens is 456 g/mol. The van der Waals surface area contributed by atoms with Crippen molar-refractivity contribution in [1.82, 2.24) is 0 Å². The number of fused-ring (bicyclic) bond motifs is 1. The molecule has 0 aliphatic heterocycles. The van der Waals surface area contributed by atoms with Gasteiger partial charge >= 0.3 is 18.3 Å². The van der Waals surface area contributed by atoms with E-state index in [1.54, 1.807) is 0 Å². The second kappa shape index (κ2) is 8.22. The second-order valence-corrected chi connectivity index (χ2v) is 6.77. The summed E-state index contributed by atoms with van der Waals surface area (Å²) in [5.74, 6) is -2.54. The molecule has 0 radical (unpaired) electrons. The highest BCUT2D eigenvalue weighted by molar-refractivity contribution is 6.32. The summed E-state index contributed by atoms with van der Waals surface area (Å²) in [6, 6.07) is 6.68. The molecule has 12 heteroatoms. The van der Waals surface area contributed by atoms with Crippen LogP contribution in [0.15, 0.2) is 40.8 Å². The van der Waals surface area contributed by atoms with Crippen LogP contribution in [-0.2, 0) is 12.7 Å². The van der Waals surface area contributed by atoms with Crippen molar-refractivity contribution >= 4 is 34.2 Å². The molecule has 166 valence electrons. The van der Waals surface area contributed by atoms with Gasteiger partial charge in [0.15, 0.2) is 6.61 Å². The number of nitrogens with one attached hydrogen (secondary N) is 1. The number of alkyl halides is 6. The van der Waals surface area contributed by atoms with Gasteiger partial charge in [0, 0.05) is 22.6 Å². The molecule has 2 aromatic carbocycles. The van der Waals surface area contributed by atoms with Crippen LogP contribution in [0.5, 0.6) is 5.75 Å². The standard InChI is InChI=1S/C19H12ClF6NO4/c20-13-3-9-4-16(17(28)29)31-15(9)5-10(13)7-27-11-1-2-14(30-8-18(21,22)23)12(6-11)19(24,25)26/h1-6,27H,7-8H2,(H,28,29). The number of rotatable bonds is 6. The fourth-order valence-corrected chi connectivity index (χ4v) is 2.93. The number of carboxylic acids is 1. The minimum atomic E-state index is -4.95. The third kappa shape index (κ3) is 5.54. The number of hydrogen-bond acceptors (Lipinski definition) is 4. The predicted molar refractivity (Wildman–Crippen MR) is 98.5 cm³/mol. The lowest BCUT2D eigenvalue weighted by molar-refractivity contribution is -0.158.